The maximum absolute atomic E-state index is 14.4. The number of ketones is 1. The first-order valence-corrected chi connectivity index (χ1v) is 18.7. The number of nitrogens with one attached hydrogen (secondary N) is 3. The van der Waals surface area contributed by atoms with Gasteiger partial charge in [0.1, 0.15) is 0 Å². The summed E-state index contributed by atoms with van der Waals surface area (Å²) in [7, 11) is -4.27. The second-order valence-electron chi connectivity index (χ2n) is 13.7. The van der Waals surface area contributed by atoms with Gasteiger partial charge in [-0.05, 0) is 69.4 Å². The van der Waals surface area contributed by atoms with Crippen molar-refractivity contribution in [2.75, 3.05) is 12.3 Å². The first-order chi connectivity index (χ1) is 24.0. The number of fused-ring (bicyclic) bond motifs is 8. The second kappa shape index (κ2) is 13.4. The Kier molecular flexibility index (Phi) is 9.50. The Morgan fingerprint density at radius 2 is 1.67 bits per heavy atom. The van der Waals surface area contributed by atoms with Gasteiger partial charge in [-0.15, -0.1) is 0 Å². The van der Waals surface area contributed by atoms with E-state index in [4.69, 9.17) is 9.97 Å². The van der Waals surface area contributed by atoms with Crippen molar-refractivity contribution in [3.8, 4) is 0 Å². The minimum atomic E-state index is -4.27. The number of Topliss-reactive ketones (excluding diaryl/α,β-unsaturated/α-hetero) is 1. The van der Waals surface area contributed by atoms with Crippen molar-refractivity contribution in [3.05, 3.63) is 69.1 Å². The van der Waals surface area contributed by atoms with Crippen LogP contribution in [0.5, 0.6) is 0 Å². The van der Waals surface area contributed by atoms with Gasteiger partial charge in [0.05, 0.1) is 39.5 Å². The van der Waals surface area contributed by atoms with E-state index >= 15 is 0 Å². The van der Waals surface area contributed by atoms with Gasteiger partial charge in [-0.2, -0.15) is 8.42 Å². The molecular weight excluding hydrogens is 676 g/mol. The van der Waals surface area contributed by atoms with Crippen LogP contribution in [0.2, 0.25) is 0 Å². The van der Waals surface area contributed by atoms with Crippen LogP contribution in [0.15, 0.2) is 18.2 Å². The van der Waals surface area contributed by atoms with Gasteiger partial charge in [0.15, 0.2) is 5.78 Å². The van der Waals surface area contributed by atoms with Crippen molar-refractivity contribution in [3.63, 3.8) is 0 Å². The van der Waals surface area contributed by atoms with E-state index in [0.29, 0.717) is 45.0 Å². The van der Waals surface area contributed by atoms with Crippen molar-refractivity contribution in [1.29, 1.82) is 0 Å². The van der Waals surface area contributed by atoms with Crippen molar-refractivity contribution in [1.82, 2.24) is 30.4 Å². The molecule has 0 fully saturated rings. The lowest BCUT2D eigenvalue weighted by atomic mass is 9.84. The van der Waals surface area contributed by atoms with Gasteiger partial charge in [0.2, 0.25) is 0 Å². The van der Waals surface area contributed by atoms with Crippen LogP contribution >= 0.6 is 0 Å². The fraction of sp³-hybridized carbons (Fsp3) is 0.444. The first-order valence-electron chi connectivity index (χ1n) is 17.1. The third-order valence-electron chi connectivity index (χ3n) is 10.5. The molecule has 270 valence electrons. The van der Waals surface area contributed by atoms with Gasteiger partial charge in [-0.3, -0.25) is 28.7 Å². The zero-order valence-corrected chi connectivity index (χ0v) is 30.2. The molecule has 14 nitrogen and oxygen atoms in total. The molecule has 6 rings (SSSR count). The van der Waals surface area contributed by atoms with Gasteiger partial charge in [-0.25, -0.2) is 15.4 Å². The zero-order valence-electron chi connectivity index (χ0n) is 29.4. The first kappa shape index (κ1) is 36.1. The molecule has 4 aliphatic heterocycles. The van der Waals surface area contributed by atoms with E-state index in [1.54, 1.807) is 13.0 Å². The van der Waals surface area contributed by atoms with Crippen molar-refractivity contribution in [2.24, 2.45) is 0 Å². The number of carboxylic acid groups (broad SMARTS) is 1. The number of hydrogen-bond donors (Lipinski definition) is 5. The van der Waals surface area contributed by atoms with Crippen molar-refractivity contribution < 1.29 is 37.3 Å². The average molecular weight is 719 g/mol. The third-order valence-corrected chi connectivity index (χ3v) is 11.3. The summed E-state index contributed by atoms with van der Waals surface area (Å²) in [5.41, 5.74) is 9.37. The van der Waals surface area contributed by atoms with Crippen LogP contribution in [0.25, 0.3) is 22.2 Å². The summed E-state index contributed by atoms with van der Waals surface area (Å²) in [6, 6.07) is 5.63. The highest BCUT2D eigenvalue weighted by molar-refractivity contribution is 7.85. The molecule has 51 heavy (non-hydrogen) atoms. The van der Waals surface area contributed by atoms with Crippen LogP contribution in [0.4, 0.5) is 0 Å². The third kappa shape index (κ3) is 6.49. The second-order valence-corrected chi connectivity index (χ2v) is 15.3. The molecule has 0 saturated heterocycles. The van der Waals surface area contributed by atoms with Gasteiger partial charge < -0.3 is 15.1 Å². The van der Waals surface area contributed by atoms with E-state index in [-0.39, 0.29) is 66.0 Å². The number of H-pyrrole nitrogens is 2. The molecule has 0 aromatic carbocycles. The molecule has 15 heteroatoms. The number of nitrogens with zero attached hydrogens (tertiary/aromatic N) is 3. The molecule has 2 unspecified atom stereocenters. The van der Waals surface area contributed by atoms with Gasteiger partial charge in [0, 0.05) is 64.8 Å². The topological polar surface area (TPSA) is 216 Å². The van der Waals surface area contributed by atoms with Crippen LogP contribution in [0, 0.1) is 6.92 Å². The quantitative estimate of drug-likeness (QED) is 0.121. The molecular formula is C36H42N6O8S. The summed E-state index contributed by atoms with van der Waals surface area (Å²) in [6.07, 6.45) is 0.656. The van der Waals surface area contributed by atoms with Gasteiger partial charge in [0.25, 0.3) is 21.9 Å². The number of aromatic amines is 2. The molecule has 0 radical (unpaired) electrons. The summed E-state index contributed by atoms with van der Waals surface area (Å²) in [5.74, 6) is -3.90. The Hall–Kier alpha value is -4.73. The maximum Gasteiger partial charge on any atom is 0.303 e. The molecule has 2 aromatic rings. The van der Waals surface area contributed by atoms with Crippen LogP contribution < -0.4 is 5.43 Å². The van der Waals surface area contributed by atoms with E-state index in [0.717, 1.165) is 22.8 Å². The van der Waals surface area contributed by atoms with E-state index in [9.17, 15) is 37.3 Å². The number of hydrazine groups is 1. The Bertz CT molecular complexity index is 2220. The van der Waals surface area contributed by atoms with Crippen LogP contribution in [-0.2, 0) is 19.7 Å². The van der Waals surface area contributed by atoms with E-state index < -0.39 is 39.6 Å². The minimum Gasteiger partial charge on any atom is -0.481 e. The highest BCUT2D eigenvalue weighted by Gasteiger charge is 2.41. The van der Waals surface area contributed by atoms with Crippen LogP contribution in [-0.4, -0.2) is 78.9 Å². The molecule has 5 N–H and O–H groups in total. The monoisotopic (exact) mass is 718 g/mol. The normalized spacial score (nSPS) is 21.0. The SMILES string of the molecule is CC[C@H]1c2cc3[nH]c4c(c5nc(cc6nc(cc([nH]2)C1C)C(C(C)=O)=C6C)C(C)[C@@H]5CCC(=O)O)C(=O)N(NCCCS(=O)(=O)O)C(=O)c4c3C. The lowest BCUT2D eigenvalue weighted by molar-refractivity contribution is -0.137. The number of aryl methyl sites for hydroxylation is 1. The summed E-state index contributed by atoms with van der Waals surface area (Å²) < 4.78 is 31.9. The predicted molar refractivity (Wildman–Crippen MR) is 189 cm³/mol. The van der Waals surface area contributed by atoms with Gasteiger partial charge >= 0.3 is 5.97 Å². The summed E-state index contributed by atoms with van der Waals surface area (Å²) in [4.78, 5) is 70.1. The number of aliphatic carboxylic acids is 1. The molecule has 2 aromatic heterocycles. The van der Waals surface area contributed by atoms with Crippen LogP contribution in [0.1, 0.15) is 144 Å². The molecule has 6 heterocycles. The molecule has 2 amide bonds. The molecule has 4 aliphatic rings. The Balaban J connectivity index is 1.70. The average Bonchev–Trinajstić information content (AvgIpc) is 3.72. The number of carboxylic acids is 1. The number of aromatic nitrogens is 4. The molecule has 0 spiro atoms. The smallest absolute Gasteiger partial charge is 0.303 e. The summed E-state index contributed by atoms with van der Waals surface area (Å²) in [6.45, 7) is 11.1. The Labute approximate surface area is 295 Å². The minimum absolute atomic E-state index is 0.0461. The largest absolute Gasteiger partial charge is 0.481 e. The molecule has 0 saturated carbocycles. The zero-order chi connectivity index (χ0) is 37.1. The lowest BCUT2D eigenvalue weighted by Crippen LogP contribution is -2.50. The van der Waals surface area contributed by atoms with E-state index in [1.807, 2.05) is 26.0 Å². The van der Waals surface area contributed by atoms with Crippen molar-refractivity contribution in [2.45, 2.75) is 90.9 Å². The number of amides is 2. The number of allylic oxidation sites excluding steroid dienone is 2. The fourth-order valence-electron chi connectivity index (χ4n) is 7.76. The number of rotatable bonds is 10. The lowest BCUT2D eigenvalue weighted by Gasteiger charge is -2.27. The summed E-state index contributed by atoms with van der Waals surface area (Å²) in [5, 5.41) is 10.5. The number of carbonyl (C=O) groups excluding carboxylic acids is 3. The molecule has 8 bridgehead atoms. The van der Waals surface area contributed by atoms with E-state index in [1.165, 1.54) is 6.92 Å². The van der Waals surface area contributed by atoms with E-state index in [2.05, 4.69) is 29.2 Å². The van der Waals surface area contributed by atoms with Crippen LogP contribution in [0.3, 0.4) is 0 Å². The Morgan fingerprint density at radius 3 is 2.31 bits per heavy atom. The molecule has 4 atom stereocenters. The number of hydrogen-bond acceptors (Lipinski definition) is 9. The van der Waals surface area contributed by atoms with Gasteiger partial charge in [-0.1, -0.05) is 20.8 Å². The molecule has 0 aliphatic carbocycles. The van der Waals surface area contributed by atoms with Crippen molar-refractivity contribution >= 4 is 55.9 Å². The predicted octanol–water partition coefficient (Wildman–Crippen LogP) is 5.29. The maximum atomic E-state index is 14.4. The number of carbonyl (C=O) groups is 4. The fourth-order valence-corrected chi connectivity index (χ4v) is 8.27. The Morgan fingerprint density at radius 1 is 0.961 bits per heavy atom. The standard InChI is InChI=1S/C36H42N6O8S/c1-7-21-16(2)23-15-28-30(20(6)43)18(4)25(39-28)13-24-17(3)22(9-10-29(44)45)33(40-24)32-34-31(19(5)26(41-34)14-27(21)38-23)35(46)42(36(32)47)37-11-8-12-51(48,49)50/h13-17,21-22,37-38,41H,7-12H2,1-6H3,(H,44,45)(H,48,49,50)/t16?,17?,21-,22+/m1/s1. The number of imide groups is 1. The highest BCUT2D eigenvalue weighted by Crippen LogP contribution is 2.45. The highest BCUT2D eigenvalue weighted by atomic mass is 32.2. The summed E-state index contributed by atoms with van der Waals surface area (Å²) >= 11 is 0.